The molecule has 0 radical (unpaired) electrons. The summed E-state index contributed by atoms with van der Waals surface area (Å²) >= 11 is 7.42. The number of nitrogens with one attached hydrogen (secondary N) is 1. The van der Waals surface area contributed by atoms with E-state index in [1.54, 1.807) is 24.3 Å². The van der Waals surface area contributed by atoms with Crippen LogP contribution in [0.2, 0.25) is 5.02 Å². The quantitative estimate of drug-likeness (QED) is 0.650. The molecule has 2 aromatic rings. The smallest absolute Gasteiger partial charge is 0.337 e. The molecule has 0 bridgehead atoms. The fraction of sp³-hybridized carbons (Fsp3) is 0.176. The minimum atomic E-state index is -0.439. The van der Waals surface area contributed by atoms with Crippen LogP contribution in [-0.2, 0) is 9.53 Å². The number of halogens is 1. The lowest BCUT2D eigenvalue weighted by Crippen LogP contribution is -2.15. The summed E-state index contributed by atoms with van der Waals surface area (Å²) < 4.78 is 4.68. The van der Waals surface area contributed by atoms with Crippen LogP contribution >= 0.6 is 23.4 Å². The number of methoxy groups -OCH3 is 1. The number of rotatable bonds is 5. The summed E-state index contributed by atoms with van der Waals surface area (Å²) in [6.07, 6.45) is 0. The number of anilines is 1. The second kappa shape index (κ2) is 8.04. The van der Waals surface area contributed by atoms with E-state index in [9.17, 15) is 9.59 Å². The molecule has 1 N–H and O–H groups in total. The molecule has 0 unspecified atom stereocenters. The highest BCUT2D eigenvalue weighted by molar-refractivity contribution is 8.00. The van der Waals surface area contributed by atoms with Crippen LogP contribution in [0.3, 0.4) is 0 Å². The number of aryl methyl sites for hydroxylation is 1. The van der Waals surface area contributed by atoms with E-state index in [-0.39, 0.29) is 11.7 Å². The lowest BCUT2D eigenvalue weighted by atomic mass is 10.1. The summed E-state index contributed by atoms with van der Waals surface area (Å²) in [6, 6.07) is 12.4. The van der Waals surface area contributed by atoms with Gasteiger partial charge >= 0.3 is 5.97 Å². The molecule has 0 atom stereocenters. The van der Waals surface area contributed by atoms with E-state index in [2.05, 4.69) is 10.1 Å². The first-order valence-corrected chi connectivity index (χ1v) is 8.23. The number of hydrogen-bond donors (Lipinski definition) is 1. The Labute approximate surface area is 144 Å². The molecule has 120 valence electrons. The first kappa shape index (κ1) is 17.4. The molecule has 4 nitrogen and oxygen atoms in total. The summed E-state index contributed by atoms with van der Waals surface area (Å²) in [5, 5.41) is 3.43. The standard InChI is InChI=1S/C17H16ClNO3S/c1-11-7-8-12(17(21)22-2)9-14(11)19-16(20)10-23-15-6-4-3-5-13(15)18/h3-9H,10H2,1-2H3,(H,19,20). The molecule has 1 amide bonds. The monoisotopic (exact) mass is 349 g/mol. The predicted molar refractivity (Wildman–Crippen MR) is 93.3 cm³/mol. The van der Waals surface area contributed by atoms with Crippen LogP contribution in [0.4, 0.5) is 5.69 Å². The second-order valence-corrected chi connectivity index (χ2v) is 6.21. The normalized spacial score (nSPS) is 10.2. The van der Waals surface area contributed by atoms with Crippen LogP contribution in [0.15, 0.2) is 47.4 Å². The molecule has 0 aromatic heterocycles. The molecular formula is C17H16ClNO3S. The number of thioether (sulfide) groups is 1. The van der Waals surface area contributed by atoms with Gasteiger partial charge in [0.25, 0.3) is 0 Å². The third-order valence-corrected chi connectivity index (χ3v) is 4.64. The number of esters is 1. The minimum Gasteiger partial charge on any atom is -0.465 e. The Balaban J connectivity index is 2.02. The van der Waals surface area contributed by atoms with Crippen LogP contribution in [-0.4, -0.2) is 24.7 Å². The topological polar surface area (TPSA) is 55.4 Å². The van der Waals surface area contributed by atoms with Gasteiger partial charge in [-0.25, -0.2) is 4.79 Å². The zero-order chi connectivity index (χ0) is 16.8. The van der Waals surface area contributed by atoms with E-state index >= 15 is 0 Å². The highest BCUT2D eigenvalue weighted by Gasteiger charge is 2.11. The van der Waals surface area contributed by atoms with E-state index in [0.29, 0.717) is 16.3 Å². The first-order valence-electron chi connectivity index (χ1n) is 6.87. The summed E-state index contributed by atoms with van der Waals surface area (Å²) in [5.74, 6) is -0.378. The molecule has 0 heterocycles. The van der Waals surface area contributed by atoms with Gasteiger partial charge in [0.1, 0.15) is 0 Å². The van der Waals surface area contributed by atoms with Crippen molar-refractivity contribution in [2.75, 3.05) is 18.2 Å². The van der Waals surface area contributed by atoms with Gasteiger partial charge in [0.2, 0.25) is 5.91 Å². The Morgan fingerprint density at radius 2 is 1.96 bits per heavy atom. The second-order valence-electron chi connectivity index (χ2n) is 4.79. The van der Waals surface area contributed by atoms with Crippen molar-refractivity contribution >= 4 is 40.9 Å². The molecule has 0 spiro atoms. The van der Waals surface area contributed by atoms with Crippen molar-refractivity contribution in [2.45, 2.75) is 11.8 Å². The predicted octanol–water partition coefficient (Wildman–Crippen LogP) is 4.17. The van der Waals surface area contributed by atoms with E-state index in [0.717, 1.165) is 10.5 Å². The maximum Gasteiger partial charge on any atom is 0.337 e. The lowest BCUT2D eigenvalue weighted by molar-refractivity contribution is -0.113. The number of ether oxygens (including phenoxy) is 1. The fourth-order valence-electron chi connectivity index (χ4n) is 1.89. The Bertz CT molecular complexity index is 734. The highest BCUT2D eigenvalue weighted by atomic mass is 35.5. The Hall–Kier alpha value is -1.98. The van der Waals surface area contributed by atoms with Crippen molar-refractivity contribution < 1.29 is 14.3 Å². The molecule has 6 heteroatoms. The van der Waals surface area contributed by atoms with Gasteiger partial charge in [-0.2, -0.15) is 0 Å². The molecule has 23 heavy (non-hydrogen) atoms. The third kappa shape index (κ3) is 4.74. The van der Waals surface area contributed by atoms with E-state index in [4.69, 9.17) is 11.6 Å². The molecule has 0 aliphatic heterocycles. The highest BCUT2D eigenvalue weighted by Crippen LogP contribution is 2.26. The zero-order valence-electron chi connectivity index (χ0n) is 12.8. The first-order chi connectivity index (χ1) is 11.0. The van der Waals surface area contributed by atoms with Gasteiger partial charge in [0.15, 0.2) is 0 Å². The molecule has 0 aliphatic rings. The number of carbonyl (C=O) groups is 2. The Morgan fingerprint density at radius 3 is 2.65 bits per heavy atom. The van der Waals surface area contributed by atoms with Gasteiger partial charge in [-0.1, -0.05) is 29.8 Å². The van der Waals surface area contributed by atoms with E-state index < -0.39 is 5.97 Å². The zero-order valence-corrected chi connectivity index (χ0v) is 14.3. The summed E-state index contributed by atoms with van der Waals surface area (Å²) in [4.78, 5) is 24.5. The van der Waals surface area contributed by atoms with Gasteiger partial charge in [0.05, 0.1) is 23.4 Å². The molecule has 0 fully saturated rings. The number of hydrogen-bond acceptors (Lipinski definition) is 4. The molecule has 2 aromatic carbocycles. The van der Waals surface area contributed by atoms with E-state index in [1.165, 1.54) is 18.9 Å². The van der Waals surface area contributed by atoms with Crippen molar-refractivity contribution in [3.05, 3.63) is 58.6 Å². The van der Waals surface area contributed by atoms with E-state index in [1.807, 2.05) is 25.1 Å². The largest absolute Gasteiger partial charge is 0.465 e. The average Bonchev–Trinajstić information content (AvgIpc) is 2.55. The lowest BCUT2D eigenvalue weighted by Gasteiger charge is -2.10. The van der Waals surface area contributed by atoms with Crippen LogP contribution < -0.4 is 5.32 Å². The van der Waals surface area contributed by atoms with Gasteiger partial charge in [0, 0.05) is 10.6 Å². The SMILES string of the molecule is COC(=O)c1ccc(C)c(NC(=O)CSc2ccccc2Cl)c1. The van der Waals surface area contributed by atoms with Crippen molar-refractivity contribution in [3.8, 4) is 0 Å². The van der Waals surface area contributed by atoms with Crippen molar-refractivity contribution in [2.24, 2.45) is 0 Å². The van der Waals surface area contributed by atoms with Crippen LogP contribution in [0.25, 0.3) is 0 Å². The van der Waals surface area contributed by atoms with Crippen LogP contribution in [0.5, 0.6) is 0 Å². The molecule has 0 saturated heterocycles. The van der Waals surface area contributed by atoms with Crippen molar-refractivity contribution in [1.29, 1.82) is 0 Å². The summed E-state index contributed by atoms with van der Waals surface area (Å²) in [7, 11) is 1.32. The van der Waals surface area contributed by atoms with Crippen LogP contribution in [0, 0.1) is 6.92 Å². The molecule has 2 rings (SSSR count). The number of carbonyl (C=O) groups excluding carboxylic acids is 2. The molecule has 0 aliphatic carbocycles. The van der Waals surface area contributed by atoms with Crippen LogP contribution in [0.1, 0.15) is 15.9 Å². The molecular weight excluding hydrogens is 334 g/mol. The molecule has 0 saturated carbocycles. The number of amides is 1. The maximum atomic E-state index is 12.1. The third-order valence-electron chi connectivity index (χ3n) is 3.13. The maximum absolute atomic E-state index is 12.1. The minimum absolute atomic E-state index is 0.167. The van der Waals surface area contributed by atoms with Gasteiger partial charge in [-0.05, 0) is 36.8 Å². The Kier molecular flexibility index (Phi) is 6.07. The summed E-state index contributed by atoms with van der Waals surface area (Å²) in [6.45, 7) is 1.86. The van der Waals surface area contributed by atoms with Crippen molar-refractivity contribution in [3.63, 3.8) is 0 Å². The Morgan fingerprint density at radius 1 is 1.22 bits per heavy atom. The van der Waals surface area contributed by atoms with Crippen molar-refractivity contribution in [1.82, 2.24) is 0 Å². The van der Waals surface area contributed by atoms with Gasteiger partial charge in [-0.15, -0.1) is 11.8 Å². The number of benzene rings is 2. The fourth-order valence-corrected chi connectivity index (χ4v) is 2.93. The summed E-state index contributed by atoms with van der Waals surface area (Å²) in [5.41, 5.74) is 1.86. The van der Waals surface area contributed by atoms with Gasteiger partial charge < -0.3 is 10.1 Å². The van der Waals surface area contributed by atoms with Gasteiger partial charge in [-0.3, -0.25) is 4.79 Å². The average molecular weight is 350 g/mol.